The Morgan fingerprint density at radius 3 is 2.74 bits per heavy atom. The maximum Gasteiger partial charge on any atom is 0.296 e. The molecular weight excluding hydrogens is 558 g/mol. The first kappa shape index (κ1) is 29.0. The van der Waals surface area contributed by atoms with Gasteiger partial charge in [-0.2, -0.15) is 10.2 Å². The van der Waals surface area contributed by atoms with E-state index >= 15 is 0 Å². The Kier molecular flexibility index (Phi) is 8.25. The number of halogens is 2. The molecule has 0 radical (unpaired) electrons. The molecule has 1 unspecified atom stereocenters. The molecule has 226 valence electrons. The topological polar surface area (TPSA) is 121 Å². The maximum absolute atomic E-state index is 14.3. The number of piperazine rings is 1. The van der Waals surface area contributed by atoms with Crippen molar-refractivity contribution in [3.05, 3.63) is 48.2 Å². The molecule has 3 aliphatic heterocycles. The van der Waals surface area contributed by atoms with Crippen LogP contribution in [0.5, 0.6) is 11.6 Å². The molecule has 43 heavy (non-hydrogen) atoms. The fourth-order valence-corrected chi connectivity index (χ4v) is 5.73. The van der Waals surface area contributed by atoms with Gasteiger partial charge in [-0.05, 0) is 49.9 Å². The minimum Gasteiger partial charge on any atom is -0.483 e. The molecule has 0 amide bonds. The van der Waals surface area contributed by atoms with E-state index in [9.17, 15) is 14.0 Å². The van der Waals surface area contributed by atoms with Crippen molar-refractivity contribution in [2.45, 2.75) is 37.5 Å². The highest BCUT2D eigenvalue weighted by atomic mass is 19.3. The van der Waals surface area contributed by atoms with Crippen LogP contribution in [0.25, 0.3) is 11.3 Å². The number of nitrogens with zero attached hydrogens (tertiary/aromatic N) is 6. The molecule has 0 bridgehead atoms. The lowest BCUT2D eigenvalue weighted by Crippen LogP contribution is -2.60. The quantitative estimate of drug-likeness (QED) is 0.400. The first-order valence-corrected chi connectivity index (χ1v) is 14.4. The summed E-state index contributed by atoms with van der Waals surface area (Å²) in [6.45, 7) is 6.49. The van der Waals surface area contributed by atoms with Crippen molar-refractivity contribution in [2.24, 2.45) is 0 Å². The largest absolute Gasteiger partial charge is 0.483 e. The van der Waals surface area contributed by atoms with Crippen LogP contribution in [-0.4, -0.2) is 97.0 Å². The number of anilines is 3. The SMILES string of the molecule is COc1nc(Nc2nccc(-c3ccc(OC4CCNCC4(F)F)c(C#N)c3)n2)ccc1N1CCN(C2COC2)[C@@H](C)C1. The number of alkyl halides is 2. The van der Waals surface area contributed by atoms with E-state index in [1.807, 2.05) is 12.1 Å². The molecular formula is C30H34F2N8O3. The highest BCUT2D eigenvalue weighted by Crippen LogP contribution is 2.33. The van der Waals surface area contributed by atoms with E-state index in [1.54, 1.807) is 31.5 Å². The lowest BCUT2D eigenvalue weighted by Gasteiger charge is -2.47. The Morgan fingerprint density at radius 1 is 1.16 bits per heavy atom. The van der Waals surface area contributed by atoms with Crippen molar-refractivity contribution in [3.63, 3.8) is 0 Å². The lowest BCUT2D eigenvalue weighted by molar-refractivity contribution is -0.109. The van der Waals surface area contributed by atoms with Gasteiger partial charge in [-0.3, -0.25) is 4.90 Å². The van der Waals surface area contributed by atoms with Gasteiger partial charge in [0.05, 0.1) is 44.2 Å². The van der Waals surface area contributed by atoms with Gasteiger partial charge in [-0.1, -0.05) is 0 Å². The molecule has 2 aromatic heterocycles. The number of ether oxygens (including phenoxy) is 3. The van der Waals surface area contributed by atoms with Gasteiger partial charge < -0.3 is 29.7 Å². The molecule has 6 rings (SSSR count). The van der Waals surface area contributed by atoms with E-state index in [2.05, 4.69) is 48.4 Å². The Morgan fingerprint density at radius 2 is 2.02 bits per heavy atom. The van der Waals surface area contributed by atoms with Gasteiger partial charge in [0.15, 0.2) is 6.10 Å². The van der Waals surface area contributed by atoms with Crippen LogP contribution in [0.15, 0.2) is 42.6 Å². The molecule has 11 nitrogen and oxygen atoms in total. The second kappa shape index (κ2) is 12.2. The summed E-state index contributed by atoms with van der Waals surface area (Å²) in [5, 5.41) is 15.5. The van der Waals surface area contributed by atoms with Crippen molar-refractivity contribution in [3.8, 4) is 29.0 Å². The van der Waals surface area contributed by atoms with Gasteiger partial charge in [0.25, 0.3) is 5.92 Å². The van der Waals surface area contributed by atoms with Crippen molar-refractivity contribution in [1.82, 2.24) is 25.2 Å². The number of aromatic nitrogens is 3. The van der Waals surface area contributed by atoms with Crippen molar-refractivity contribution in [1.29, 1.82) is 5.26 Å². The molecule has 0 spiro atoms. The van der Waals surface area contributed by atoms with E-state index in [4.69, 9.17) is 14.2 Å². The number of rotatable bonds is 8. The third-order valence-corrected chi connectivity index (χ3v) is 8.12. The van der Waals surface area contributed by atoms with Gasteiger partial charge >= 0.3 is 0 Å². The summed E-state index contributed by atoms with van der Waals surface area (Å²) >= 11 is 0. The minimum atomic E-state index is -3.02. The van der Waals surface area contributed by atoms with Gasteiger partial charge in [0.1, 0.15) is 23.3 Å². The second-order valence-electron chi connectivity index (χ2n) is 11.0. The van der Waals surface area contributed by atoms with Crippen LogP contribution in [0.4, 0.5) is 26.2 Å². The van der Waals surface area contributed by atoms with E-state index in [-0.39, 0.29) is 17.7 Å². The van der Waals surface area contributed by atoms with E-state index in [0.717, 1.165) is 38.5 Å². The number of benzene rings is 1. The van der Waals surface area contributed by atoms with Crippen LogP contribution in [0, 0.1) is 11.3 Å². The number of methoxy groups -OCH3 is 1. The minimum absolute atomic E-state index is 0.120. The predicted molar refractivity (Wildman–Crippen MR) is 156 cm³/mol. The van der Waals surface area contributed by atoms with Crippen LogP contribution in [0.1, 0.15) is 18.9 Å². The molecule has 5 heterocycles. The zero-order valence-corrected chi connectivity index (χ0v) is 24.1. The first-order chi connectivity index (χ1) is 20.8. The van der Waals surface area contributed by atoms with Crippen molar-refractivity contribution in [2.75, 3.05) is 63.3 Å². The number of nitrogens with one attached hydrogen (secondary N) is 2. The molecule has 3 aliphatic rings. The molecule has 2 atom stereocenters. The Labute approximate surface area is 248 Å². The van der Waals surface area contributed by atoms with Gasteiger partial charge in [-0.25, -0.2) is 18.7 Å². The monoisotopic (exact) mass is 592 g/mol. The Balaban J connectivity index is 1.16. The number of nitriles is 1. The summed E-state index contributed by atoms with van der Waals surface area (Å²) in [5.41, 5.74) is 2.24. The lowest BCUT2D eigenvalue weighted by atomic mass is 10.0. The highest BCUT2D eigenvalue weighted by molar-refractivity contribution is 5.66. The van der Waals surface area contributed by atoms with E-state index in [0.29, 0.717) is 47.5 Å². The fraction of sp³-hybridized carbons (Fsp3) is 0.467. The van der Waals surface area contributed by atoms with Crippen molar-refractivity contribution >= 4 is 17.5 Å². The van der Waals surface area contributed by atoms with E-state index in [1.165, 1.54) is 6.07 Å². The highest BCUT2D eigenvalue weighted by Gasteiger charge is 2.43. The third-order valence-electron chi connectivity index (χ3n) is 8.12. The summed E-state index contributed by atoms with van der Waals surface area (Å²) < 4.78 is 45.2. The number of piperidine rings is 1. The molecule has 0 aliphatic carbocycles. The predicted octanol–water partition coefficient (Wildman–Crippen LogP) is 3.45. The van der Waals surface area contributed by atoms with Crippen LogP contribution in [0.3, 0.4) is 0 Å². The van der Waals surface area contributed by atoms with Gasteiger partial charge in [0, 0.05) is 43.9 Å². The molecule has 3 aromatic rings. The maximum atomic E-state index is 14.3. The number of hydrogen-bond acceptors (Lipinski definition) is 11. The summed E-state index contributed by atoms with van der Waals surface area (Å²) in [4.78, 5) is 18.4. The van der Waals surface area contributed by atoms with Crippen LogP contribution in [0.2, 0.25) is 0 Å². The van der Waals surface area contributed by atoms with Crippen LogP contribution >= 0.6 is 0 Å². The standard InChI is InChI=1S/C30H34F2N8O3/c1-19-15-39(11-12-40(19)22-16-42-17-22)24-4-6-27(37-28(24)41-2)38-29-35-10-7-23(36-29)20-3-5-25(21(13-20)14-33)43-26-8-9-34-18-30(26,31)32/h3-7,10,13,19,22,26,34H,8-9,11-12,15-18H2,1-2H3,(H,35,36,37,38)/t19-,26?/m0/s1. The third kappa shape index (κ3) is 6.17. The average molecular weight is 593 g/mol. The van der Waals surface area contributed by atoms with Gasteiger partial charge in [-0.15, -0.1) is 0 Å². The zero-order chi connectivity index (χ0) is 30.0. The second-order valence-corrected chi connectivity index (χ2v) is 11.0. The summed E-state index contributed by atoms with van der Waals surface area (Å²) in [7, 11) is 1.60. The average Bonchev–Trinajstić information content (AvgIpc) is 2.98. The molecule has 0 saturated carbocycles. The smallest absolute Gasteiger partial charge is 0.296 e. The number of hydrogen-bond donors (Lipinski definition) is 2. The number of pyridine rings is 1. The molecule has 3 saturated heterocycles. The fourth-order valence-electron chi connectivity index (χ4n) is 5.73. The van der Waals surface area contributed by atoms with Crippen molar-refractivity contribution < 1.29 is 23.0 Å². The summed E-state index contributed by atoms with van der Waals surface area (Å²) in [5.74, 6) is -1.58. The van der Waals surface area contributed by atoms with Gasteiger partial charge in [0.2, 0.25) is 11.8 Å². The first-order valence-electron chi connectivity index (χ1n) is 14.4. The summed E-state index contributed by atoms with van der Waals surface area (Å²) in [6.07, 6.45) is 0.441. The Bertz CT molecular complexity index is 1500. The molecule has 2 N–H and O–H groups in total. The van der Waals surface area contributed by atoms with Crippen LogP contribution in [-0.2, 0) is 4.74 Å². The molecule has 3 fully saturated rings. The molecule has 1 aromatic carbocycles. The van der Waals surface area contributed by atoms with Crippen LogP contribution < -0.4 is 25.0 Å². The van der Waals surface area contributed by atoms with E-state index < -0.39 is 18.6 Å². The Hall–Kier alpha value is -4.12. The summed E-state index contributed by atoms with van der Waals surface area (Å²) in [6, 6.07) is 13.3. The normalized spacial score (nSPS) is 22.3. The molecule has 13 heteroatoms. The zero-order valence-electron chi connectivity index (χ0n) is 24.1.